The number of guanidine groups is 1. The van der Waals surface area contributed by atoms with Crippen LogP contribution in [0, 0.1) is 5.92 Å². The van der Waals surface area contributed by atoms with Crippen LogP contribution < -0.4 is 10.2 Å². The van der Waals surface area contributed by atoms with E-state index in [-0.39, 0.29) is 24.0 Å². The second kappa shape index (κ2) is 7.87. The molecule has 2 aliphatic rings. The maximum atomic E-state index is 4.48. The number of aliphatic imine (C=N–C) groups is 1. The molecule has 2 aliphatic heterocycles. The van der Waals surface area contributed by atoms with Gasteiger partial charge in [0.15, 0.2) is 5.96 Å². The molecule has 0 unspecified atom stereocenters. The van der Waals surface area contributed by atoms with Crippen molar-refractivity contribution in [3.8, 4) is 0 Å². The van der Waals surface area contributed by atoms with Crippen LogP contribution in [0.5, 0.6) is 0 Å². The van der Waals surface area contributed by atoms with E-state index in [1.807, 2.05) is 0 Å². The van der Waals surface area contributed by atoms with Crippen molar-refractivity contribution in [1.29, 1.82) is 0 Å². The van der Waals surface area contributed by atoms with Gasteiger partial charge in [0.25, 0.3) is 0 Å². The fourth-order valence-electron chi connectivity index (χ4n) is 2.99. The van der Waals surface area contributed by atoms with E-state index in [0.29, 0.717) is 0 Å². The summed E-state index contributed by atoms with van der Waals surface area (Å²) < 4.78 is 0. The Hall–Kier alpha value is -0.980. The van der Waals surface area contributed by atoms with Crippen molar-refractivity contribution in [3.63, 3.8) is 0 Å². The van der Waals surface area contributed by atoms with E-state index in [9.17, 15) is 0 Å². The van der Waals surface area contributed by atoms with Gasteiger partial charge >= 0.3 is 0 Å². The molecule has 0 saturated carbocycles. The van der Waals surface area contributed by atoms with Gasteiger partial charge in [0.05, 0.1) is 6.54 Å². The Morgan fingerprint density at radius 2 is 1.86 bits per heavy atom. The van der Waals surface area contributed by atoms with Crippen molar-refractivity contribution in [2.45, 2.75) is 12.8 Å². The number of nitrogens with zero attached hydrogens (tertiary/aromatic N) is 3. The van der Waals surface area contributed by atoms with Crippen LogP contribution in [0.4, 0.5) is 5.69 Å². The molecule has 3 rings (SSSR count). The van der Waals surface area contributed by atoms with E-state index >= 15 is 0 Å². The molecule has 116 valence electrons. The SMILES string of the molecule is CN1CCN=C1NCC1CCN(c2ccccc2)CC1.I. The minimum absolute atomic E-state index is 0. The summed E-state index contributed by atoms with van der Waals surface area (Å²) in [6.07, 6.45) is 2.53. The quantitative estimate of drug-likeness (QED) is 0.791. The minimum atomic E-state index is 0. The molecule has 1 aromatic rings. The topological polar surface area (TPSA) is 30.9 Å². The smallest absolute Gasteiger partial charge is 0.193 e. The van der Waals surface area contributed by atoms with E-state index < -0.39 is 0 Å². The third-order valence-corrected chi connectivity index (χ3v) is 4.34. The van der Waals surface area contributed by atoms with Crippen molar-refractivity contribution in [1.82, 2.24) is 10.2 Å². The highest BCUT2D eigenvalue weighted by Crippen LogP contribution is 2.22. The molecule has 1 saturated heterocycles. The Kier molecular flexibility index (Phi) is 6.14. The summed E-state index contributed by atoms with van der Waals surface area (Å²) in [7, 11) is 2.11. The maximum Gasteiger partial charge on any atom is 0.193 e. The highest BCUT2D eigenvalue weighted by atomic mass is 127. The molecule has 0 aromatic heterocycles. The van der Waals surface area contributed by atoms with Gasteiger partial charge in [0, 0.05) is 38.9 Å². The first-order chi connectivity index (χ1) is 9.83. The summed E-state index contributed by atoms with van der Waals surface area (Å²) in [5.41, 5.74) is 1.36. The van der Waals surface area contributed by atoms with Gasteiger partial charge in [-0.15, -0.1) is 24.0 Å². The molecule has 2 heterocycles. The van der Waals surface area contributed by atoms with E-state index in [1.165, 1.54) is 31.6 Å². The van der Waals surface area contributed by atoms with E-state index in [4.69, 9.17) is 0 Å². The number of hydrogen-bond donors (Lipinski definition) is 1. The molecule has 1 N–H and O–H groups in total. The largest absolute Gasteiger partial charge is 0.372 e. The number of para-hydroxylation sites is 1. The molecule has 21 heavy (non-hydrogen) atoms. The zero-order valence-corrected chi connectivity index (χ0v) is 15.0. The number of halogens is 1. The van der Waals surface area contributed by atoms with Gasteiger partial charge in [-0.05, 0) is 30.9 Å². The number of benzene rings is 1. The van der Waals surface area contributed by atoms with Crippen LogP contribution in [0.2, 0.25) is 0 Å². The fraction of sp³-hybridized carbons (Fsp3) is 0.562. The van der Waals surface area contributed by atoms with E-state index in [1.54, 1.807) is 0 Å². The summed E-state index contributed by atoms with van der Waals surface area (Å²) >= 11 is 0. The highest BCUT2D eigenvalue weighted by molar-refractivity contribution is 14.0. The monoisotopic (exact) mass is 400 g/mol. The molecule has 0 spiro atoms. The van der Waals surface area contributed by atoms with Gasteiger partial charge in [0.1, 0.15) is 0 Å². The fourth-order valence-corrected chi connectivity index (χ4v) is 2.99. The summed E-state index contributed by atoms with van der Waals surface area (Å²) in [4.78, 5) is 9.19. The molecule has 0 aliphatic carbocycles. The first-order valence-electron chi connectivity index (χ1n) is 7.62. The van der Waals surface area contributed by atoms with Crippen molar-refractivity contribution in [2.24, 2.45) is 10.9 Å². The van der Waals surface area contributed by atoms with Crippen molar-refractivity contribution in [3.05, 3.63) is 30.3 Å². The minimum Gasteiger partial charge on any atom is -0.372 e. The molecule has 0 bridgehead atoms. The Balaban J connectivity index is 0.00000161. The van der Waals surface area contributed by atoms with Gasteiger partial charge in [-0.2, -0.15) is 0 Å². The Morgan fingerprint density at radius 3 is 2.48 bits per heavy atom. The van der Waals surface area contributed by atoms with Crippen LogP contribution in [0.1, 0.15) is 12.8 Å². The lowest BCUT2D eigenvalue weighted by Crippen LogP contribution is -2.42. The summed E-state index contributed by atoms with van der Waals surface area (Å²) in [6.45, 7) is 5.38. The number of anilines is 1. The molecular formula is C16H25IN4. The lowest BCUT2D eigenvalue weighted by Gasteiger charge is -2.34. The van der Waals surface area contributed by atoms with Gasteiger partial charge in [0.2, 0.25) is 0 Å². The summed E-state index contributed by atoms with van der Waals surface area (Å²) in [6, 6.07) is 10.7. The van der Waals surface area contributed by atoms with E-state index in [0.717, 1.165) is 31.5 Å². The summed E-state index contributed by atoms with van der Waals surface area (Å²) in [5.74, 6) is 1.85. The average Bonchev–Trinajstić information content (AvgIpc) is 2.92. The highest BCUT2D eigenvalue weighted by Gasteiger charge is 2.20. The Bertz CT molecular complexity index is 455. The third-order valence-electron chi connectivity index (χ3n) is 4.34. The molecule has 1 aromatic carbocycles. The lowest BCUT2D eigenvalue weighted by atomic mass is 9.96. The molecule has 1 fully saturated rings. The second-order valence-corrected chi connectivity index (χ2v) is 5.77. The Labute approximate surface area is 144 Å². The summed E-state index contributed by atoms with van der Waals surface area (Å²) in [5, 5.41) is 3.51. The van der Waals surface area contributed by atoms with Crippen molar-refractivity contribution < 1.29 is 0 Å². The van der Waals surface area contributed by atoms with Crippen LogP contribution in [-0.4, -0.2) is 50.6 Å². The van der Waals surface area contributed by atoms with Crippen LogP contribution in [0.15, 0.2) is 35.3 Å². The standard InChI is InChI=1S/C16H24N4.HI/c1-19-12-9-17-16(19)18-13-14-7-10-20(11-8-14)15-5-3-2-4-6-15;/h2-6,14H,7-13H2,1H3,(H,17,18);1H. The van der Waals surface area contributed by atoms with Gasteiger partial charge in [-0.3, -0.25) is 4.99 Å². The third kappa shape index (κ3) is 4.25. The zero-order chi connectivity index (χ0) is 13.8. The number of nitrogens with one attached hydrogen (secondary N) is 1. The normalized spacial score (nSPS) is 19.2. The number of likely N-dealkylation sites (N-methyl/N-ethyl adjacent to an activating group) is 1. The van der Waals surface area contributed by atoms with Gasteiger partial charge in [-0.1, -0.05) is 18.2 Å². The predicted octanol–water partition coefficient (Wildman–Crippen LogP) is 2.41. The number of rotatable bonds is 3. The molecule has 0 atom stereocenters. The maximum absolute atomic E-state index is 4.48. The zero-order valence-electron chi connectivity index (χ0n) is 12.7. The molecule has 5 heteroatoms. The molecule has 0 amide bonds. The first-order valence-corrected chi connectivity index (χ1v) is 7.62. The number of piperidine rings is 1. The van der Waals surface area contributed by atoms with Crippen LogP contribution in [-0.2, 0) is 0 Å². The lowest BCUT2D eigenvalue weighted by molar-refractivity contribution is 0.395. The van der Waals surface area contributed by atoms with Crippen LogP contribution in [0.25, 0.3) is 0 Å². The number of hydrogen-bond acceptors (Lipinski definition) is 4. The second-order valence-electron chi connectivity index (χ2n) is 5.77. The predicted molar refractivity (Wildman–Crippen MR) is 99.7 cm³/mol. The average molecular weight is 400 g/mol. The molecule has 0 radical (unpaired) electrons. The Morgan fingerprint density at radius 1 is 1.14 bits per heavy atom. The van der Waals surface area contributed by atoms with E-state index in [2.05, 4.69) is 57.5 Å². The van der Waals surface area contributed by atoms with Crippen molar-refractivity contribution >= 4 is 35.6 Å². The van der Waals surface area contributed by atoms with Gasteiger partial charge < -0.3 is 15.1 Å². The van der Waals surface area contributed by atoms with Crippen molar-refractivity contribution in [2.75, 3.05) is 44.7 Å². The van der Waals surface area contributed by atoms with Crippen LogP contribution >= 0.6 is 24.0 Å². The van der Waals surface area contributed by atoms with Crippen LogP contribution in [0.3, 0.4) is 0 Å². The van der Waals surface area contributed by atoms with Gasteiger partial charge in [-0.25, -0.2) is 0 Å². The molecule has 4 nitrogen and oxygen atoms in total. The first kappa shape index (κ1) is 16.4. The molecular weight excluding hydrogens is 375 g/mol.